The lowest BCUT2D eigenvalue weighted by molar-refractivity contribution is -0.160. The Bertz CT molecular complexity index is 1470. The Hall–Kier alpha value is -4.01. The molecule has 2 aliphatic heterocycles. The van der Waals surface area contributed by atoms with Crippen LogP contribution in [0, 0.1) is 0 Å². The van der Waals surface area contributed by atoms with Gasteiger partial charge in [-0.05, 0) is 42.3 Å². The van der Waals surface area contributed by atoms with Gasteiger partial charge < -0.3 is 18.8 Å². The summed E-state index contributed by atoms with van der Waals surface area (Å²) in [4.78, 5) is 54.4. The van der Waals surface area contributed by atoms with E-state index < -0.39 is 17.4 Å². The third-order valence-corrected chi connectivity index (χ3v) is 6.74. The molecule has 180 valence electrons. The van der Waals surface area contributed by atoms with Crippen LogP contribution in [-0.4, -0.2) is 34.1 Å². The summed E-state index contributed by atoms with van der Waals surface area (Å²) in [5, 5.41) is 0.784. The van der Waals surface area contributed by atoms with E-state index in [-0.39, 0.29) is 31.2 Å². The lowest BCUT2D eigenvalue weighted by Crippen LogP contribution is -2.47. The Balaban J connectivity index is 1.64. The molecule has 0 bridgehead atoms. The third-order valence-electron chi connectivity index (χ3n) is 6.74. The lowest BCUT2D eigenvalue weighted by Gasteiger charge is -2.35. The second kappa shape index (κ2) is 8.33. The molecule has 0 amide bonds. The summed E-state index contributed by atoms with van der Waals surface area (Å²) in [6.45, 7) is 4.78. The van der Waals surface area contributed by atoms with Gasteiger partial charge in [0, 0.05) is 24.3 Å². The molecular formula is C26H24N2O7. The average Bonchev–Trinajstić information content (AvgIpc) is 3.20. The van der Waals surface area contributed by atoms with Crippen LogP contribution < -0.4 is 10.3 Å². The summed E-state index contributed by atoms with van der Waals surface area (Å²) in [5.41, 5.74) is 2.15. The van der Waals surface area contributed by atoms with Gasteiger partial charge in [-0.15, -0.1) is 0 Å². The minimum atomic E-state index is -1.26. The number of hydrogen-bond acceptors (Lipinski definition) is 8. The van der Waals surface area contributed by atoms with Crippen LogP contribution in [0.1, 0.15) is 50.3 Å². The number of cyclic esters (lactones) is 1. The molecule has 9 nitrogen and oxygen atoms in total. The van der Waals surface area contributed by atoms with Crippen LogP contribution in [0.2, 0.25) is 0 Å². The van der Waals surface area contributed by atoms with E-state index in [0.29, 0.717) is 46.7 Å². The molecule has 0 saturated carbocycles. The summed E-state index contributed by atoms with van der Waals surface area (Å²) >= 11 is 0. The van der Waals surface area contributed by atoms with E-state index in [1.807, 2.05) is 12.1 Å². The minimum absolute atomic E-state index is 0.132. The van der Waals surface area contributed by atoms with Gasteiger partial charge in [0.25, 0.3) is 5.56 Å². The van der Waals surface area contributed by atoms with Gasteiger partial charge in [-0.25, -0.2) is 4.98 Å². The van der Waals surface area contributed by atoms with Crippen molar-refractivity contribution in [3.8, 4) is 17.1 Å². The molecule has 0 aliphatic carbocycles. The molecule has 0 unspecified atom stereocenters. The lowest BCUT2D eigenvalue weighted by atomic mass is 9.75. The van der Waals surface area contributed by atoms with E-state index in [4.69, 9.17) is 19.2 Å². The number of carbonyl (C=O) groups excluding carboxylic acids is 3. The van der Waals surface area contributed by atoms with Gasteiger partial charge >= 0.3 is 17.9 Å². The second-order valence-electron chi connectivity index (χ2n) is 8.78. The van der Waals surface area contributed by atoms with Crippen molar-refractivity contribution in [2.24, 2.45) is 0 Å². The summed E-state index contributed by atoms with van der Waals surface area (Å²) in [5.74, 6) is -0.925. The molecule has 2 aliphatic rings. The quantitative estimate of drug-likeness (QED) is 0.319. The Morgan fingerprint density at radius 1 is 1.17 bits per heavy atom. The molecule has 0 radical (unpaired) electrons. The smallest absolute Gasteiger partial charge is 0.320 e. The van der Waals surface area contributed by atoms with Gasteiger partial charge in [-0.2, -0.15) is 0 Å². The van der Waals surface area contributed by atoms with Crippen molar-refractivity contribution < 1.29 is 28.6 Å². The van der Waals surface area contributed by atoms with E-state index in [2.05, 4.69) is 0 Å². The standard InChI is InChI=1S/C26H24N2O7/c1-4-22(30)35-17-6-7-20-15(9-17)8-16-11-28-21(23(16)27-20)10-19-18(24(28)31)12-33-25(32)26(19,5-2)13-34-14(3)29/h6-10H,4-5,11-13H2,1-3H3/t26-/m0/s1. The largest absolute Gasteiger partial charge is 0.464 e. The first-order valence-electron chi connectivity index (χ1n) is 11.5. The fourth-order valence-electron chi connectivity index (χ4n) is 4.77. The predicted octanol–water partition coefficient (Wildman–Crippen LogP) is 3.01. The SMILES string of the molecule is CCC(=O)Oc1ccc2nc3c(cc2c1)Cn1c-3cc2c(c1=O)COC(=O)[C@@]2(CC)COC(C)=O. The van der Waals surface area contributed by atoms with Crippen molar-refractivity contribution in [3.05, 3.63) is 57.4 Å². The number of pyridine rings is 2. The topological polar surface area (TPSA) is 114 Å². The van der Waals surface area contributed by atoms with Crippen LogP contribution in [0.3, 0.4) is 0 Å². The Morgan fingerprint density at radius 2 is 1.97 bits per heavy atom. The highest BCUT2D eigenvalue weighted by Crippen LogP contribution is 2.40. The highest BCUT2D eigenvalue weighted by atomic mass is 16.6. The van der Waals surface area contributed by atoms with E-state index in [0.717, 1.165) is 10.9 Å². The average molecular weight is 476 g/mol. The molecule has 5 rings (SSSR count). The van der Waals surface area contributed by atoms with Crippen LogP contribution in [0.5, 0.6) is 5.75 Å². The van der Waals surface area contributed by atoms with Gasteiger partial charge in [-0.3, -0.25) is 19.2 Å². The molecule has 1 atom stereocenters. The monoisotopic (exact) mass is 476 g/mol. The molecule has 0 spiro atoms. The fourth-order valence-corrected chi connectivity index (χ4v) is 4.77. The Kier molecular flexibility index (Phi) is 5.42. The first-order chi connectivity index (χ1) is 16.8. The van der Waals surface area contributed by atoms with Crippen molar-refractivity contribution in [1.82, 2.24) is 9.55 Å². The second-order valence-corrected chi connectivity index (χ2v) is 8.78. The number of fused-ring (bicyclic) bond motifs is 5. The normalized spacial score (nSPS) is 17.9. The predicted molar refractivity (Wildman–Crippen MR) is 125 cm³/mol. The van der Waals surface area contributed by atoms with Crippen LogP contribution in [0.4, 0.5) is 0 Å². The van der Waals surface area contributed by atoms with Crippen LogP contribution in [-0.2, 0) is 42.4 Å². The van der Waals surface area contributed by atoms with Crippen LogP contribution in [0.15, 0.2) is 35.1 Å². The van der Waals surface area contributed by atoms with Crippen molar-refractivity contribution in [1.29, 1.82) is 0 Å². The molecule has 0 saturated heterocycles. The molecule has 4 heterocycles. The number of hydrogen-bond donors (Lipinski definition) is 0. The number of aromatic nitrogens is 2. The summed E-state index contributed by atoms with van der Waals surface area (Å²) < 4.78 is 17.6. The maximum atomic E-state index is 13.5. The fraction of sp³-hybridized carbons (Fsp3) is 0.346. The van der Waals surface area contributed by atoms with Crippen molar-refractivity contribution in [2.75, 3.05) is 6.61 Å². The number of rotatable bonds is 5. The van der Waals surface area contributed by atoms with Gasteiger partial charge in [-0.1, -0.05) is 13.8 Å². The first kappa shape index (κ1) is 22.8. The zero-order chi connectivity index (χ0) is 24.9. The maximum Gasteiger partial charge on any atom is 0.320 e. The Morgan fingerprint density at radius 3 is 2.69 bits per heavy atom. The number of ether oxygens (including phenoxy) is 3. The molecule has 9 heteroatoms. The highest BCUT2D eigenvalue weighted by molar-refractivity contribution is 5.88. The van der Waals surface area contributed by atoms with Gasteiger partial charge in [0.2, 0.25) is 0 Å². The molecule has 3 aromatic rings. The molecule has 2 aromatic heterocycles. The number of esters is 3. The summed E-state index contributed by atoms with van der Waals surface area (Å²) in [7, 11) is 0. The van der Waals surface area contributed by atoms with Crippen molar-refractivity contribution >= 4 is 28.8 Å². The van der Waals surface area contributed by atoms with E-state index in [9.17, 15) is 19.2 Å². The molecule has 1 aromatic carbocycles. The van der Waals surface area contributed by atoms with Crippen molar-refractivity contribution in [2.45, 2.75) is 52.2 Å². The zero-order valence-electron chi connectivity index (χ0n) is 19.7. The highest BCUT2D eigenvalue weighted by Gasteiger charge is 2.48. The minimum Gasteiger partial charge on any atom is -0.464 e. The van der Waals surface area contributed by atoms with Crippen LogP contribution in [0.25, 0.3) is 22.3 Å². The molecule has 35 heavy (non-hydrogen) atoms. The summed E-state index contributed by atoms with van der Waals surface area (Å²) in [6.07, 6.45) is 0.568. The van der Waals surface area contributed by atoms with E-state index in [1.165, 1.54) is 6.92 Å². The maximum absolute atomic E-state index is 13.5. The number of nitrogens with zero attached hydrogens (tertiary/aromatic N) is 2. The first-order valence-corrected chi connectivity index (χ1v) is 11.5. The van der Waals surface area contributed by atoms with Crippen molar-refractivity contribution in [3.63, 3.8) is 0 Å². The third kappa shape index (κ3) is 3.58. The van der Waals surface area contributed by atoms with Gasteiger partial charge in [0.15, 0.2) is 0 Å². The van der Waals surface area contributed by atoms with Gasteiger partial charge in [0.1, 0.15) is 24.4 Å². The Labute approximate surface area is 200 Å². The number of carbonyl (C=O) groups is 3. The van der Waals surface area contributed by atoms with Crippen LogP contribution >= 0.6 is 0 Å². The summed E-state index contributed by atoms with van der Waals surface area (Å²) in [6, 6.07) is 8.94. The zero-order valence-corrected chi connectivity index (χ0v) is 19.7. The van der Waals surface area contributed by atoms with Gasteiger partial charge in [0.05, 0.1) is 29.0 Å². The molecule has 0 N–H and O–H groups in total. The molecular weight excluding hydrogens is 452 g/mol. The van der Waals surface area contributed by atoms with E-state index >= 15 is 0 Å². The van der Waals surface area contributed by atoms with E-state index in [1.54, 1.807) is 36.6 Å². The molecule has 0 fully saturated rings. The number of benzene rings is 1.